The number of ether oxygens (including phenoxy) is 2. The minimum absolute atomic E-state index is 0.0149. The van der Waals surface area contributed by atoms with E-state index < -0.39 is 0 Å². The van der Waals surface area contributed by atoms with Crippen LogP contribution < -0.4 is 5.32 Å². The lowest BCUT2D eigenvalue weighted by Crippen LogP contribution is -2.28. The summed E-state index contributed by atoms with van der Waals surface area (Å²) in [5.74, 6) is 6.06. The molecule has 1 heterocycles. The van der Waals surface area contributed by atoms with Crippen LogP contribution in [0.4, 0.5) is 0 Å². The number of amides is 1. The van der Waals surface area contributed by atoms with E-state index in [-0.39, 0.29) is 18.0 Å². The molecule has 2 unspecified atom stereocenters. The molecule has 1 amide bonds. The summed E-state index contributed by atoms with van der Waals surface area (Å²) in [5, 5.41) is 3.18. The van der Waals surface area contributed by atoms with Crippen molar-refractivity contribution in [2.45, 2.75) is 45.3 Å². The van der Waals surface area contributed by atoms with Gasteiger partial charge in [-0.1, -0.05) is 85.4 Å². The zero-order valence-corrected chi connectivity index (χ0v) is 18.5. The number of fused-ring (bicyclic) bond motifs is 1. The van der Waals surface area contributed by atoms with Crippen LogP contribution in [0.25, 0.3) is 0 Å². The van der Waals surface area contributed by atoms with Crippen molar-refractivity contribution in [1.82, 2.24) is 5.32 Å². The largest absolute Gasteiger partial charge is 0.369 e. The van der Waals surface area contributed by atoms with E-state index >= 15 is 0 Å². The fraction of sp³-hybridized carbons (Fsp3) is 0.571. The van der Waals surface area contributed by atoms with Gasteiger partial charge in [-0.15, -0.1) is 0 Å². The number of rotatable bonds is 7. The Morgan fingerprint density at radius 1 is 1.19 bits per heavy atom. The van der Waals surface area contributed by atoms with Crippen LogP contribution in [0.2, 0.25) is 0 Å². The summed E-state index contributed by atoms with van der Waals surface area (Å²) in [6.45, 7) is 11.5. The molecule has 0 aromatic heterocycles. The summed E-state index contributed by atoms with van der Waals surface area (Å²) in [7, 11) is 3.56. The van der Waals surface area contributed by atoms with Crippen LogP contribution >= 0.6 is 21.6 Å². The van der Waals surface area contributed by atoms with Gasteiger partial charge in [0.15, 0.2) is 0 Å². The van der Waals surface area contributed by atoms with Gasteiger partial charge in [0.1, 0.15) is 12.0 Å². The minimum atomic E-state index is -0.153. The average molecular weight is 410 g/mol. The molecule has 1 aliphatic heterocycles. The second-order valence-electron chi connectivity index (χ2n) is 5.97. The van der Waals surface area contributed by atoms with Gasteiger partial charge < -0.3 is 14.8 Å². The number of hydrogen-bond acceptors (Lipinski definition) is 5. The molecule has 0 radical (unpaired) electrons. The summed E-state index contributed by atoms with van der Waals surface area (Å²) in [6, 6.07) is 8.39. The number of carbonyl (C=O) groups is 1. The zero-order valence-electron chi connectivity index (χ0n) is 16.9. The molecule has 1 aliphatic rings. The fourth-order valence-electron chi connectivity index (χ4n) is 2.28. The highest BCUT2D eigenvalue weighted by atomic mass is 33.1. The lowest BCUT2D eigenvalue weighted by molar-refractivity contribution is -0.126. The van der Waals surface area contributed by atoms with Crippen molar-refractivity contribution in [3.8, 4) is 11.8 Å². The van der Waals surface area contributed by atoms with E-state index in [1.165, 1.54) is 11.1 Å². The van der Waals surface area contributed by atoms with Crippen molar-refractivity contribution in [2.75, 3.05) is 26.4 Å². The van der Waals surface area contributed by atoms with E-state index in [9.17, 15) is 4.79 Å². The summed E-state index contributed by atoms with van der Waals surface area (Å²) in [5.41, 5.74) is 2.58. The third-order valence-electron chi connectivity index (χ3n) is 3.47. The number of carbonyl (C=O) groups excluding carboxylic acids is 1. The van der Waals surface area contributed by atoms with Crippen molar-refractivity contribution in [2.24, 2.45) is 5.92 Å². The summed E-state index contributed by atoms with van der Waals surface area (Å²) >= 11 is 0. The van der Waals surface area contributed by atoms with Gasteiger partial charge in [0.25, 0.3) is 0 Å². The van der Waals surface area contributed by atoms with Gasteiger partial charge >= 0.3 is 0 Å². The smallest absolute Gasteiger partial charge is 0.246 e. The summed E-state index contributed by atoms with van der Waals surface area (Å²) in [6.07, 6.45) is 0. The monoisotopic (exact) mass is 409 g/mol. The molecule has 150 valence electrons. The van der Waals surface area contributed by atoms with Crippen LogP contribution in [0.1, 0.15) is 56.4 Å². The molecule has 27 heavy (non-hydrogen) atoms. The van der Waals surface area contributed by atoms with Crippen molar-refractivity contribution >= 4 is 27.5 Å². The molecule has 0 fully saturated rings. The SMILES string of the molecule is CC.CC(C)C#CCNC(=O)COCCOC1SSC(C)c2ccccc21. The van der Waals surface area contributed by atoms with E-state index in [4.69, 9.17) is 9.47 Å². The first kappa shape index (κ1) is 23.9. The van der Waals surface area contributed by atoms with E-state index in [1.807, 2.05) is 44.6 Å². The Morgan fingerprint density at radius 3 is 2.59 bits per heavy atom. The van der Waals surface area contributed by atoms with Crippen LogP contribution in [-0.4, -0.2) is 32.3 Å². The molecule has 1 aromatic carbocycles. The first-order chi connectivity index (χ1) is 13.1. The van der Waals surface area contributed by atoms with Crippen molar-refractivity contribution in [3.05, 3.63) is 35.4 Å². The molecule has 0 bridgehead atoms. The first-order valence-corrected chi connectivity index (χ1v) is 11.7. The van der Waals surface area contributed by atoms with Crippen molar-refractivity contribution in [1.29, 1.82) is 0 Å². The fourth-order valence-corrected chi connectivity index (χ4v) is 4.93. The maximum absolute atomic E-state index is 11.6. The highest BCUT2D eigenvalue weighted by Crippen LogP contribution is 2.53. The van der Waals surface area contributed by atoms with Crippen LogP contribution in [-0.2, 0) is 14.3 Å². The van der Waals surface area contributed by atoms with Gasteiger partial charge in [-0.25, -0.2) is 0 Å². The number of benzene rings is 1. The molecule has 6 heteroatoms. The van der Waals surface area contributed by atoms with E-state index in [2.05, 4.69) is 42.3 Å². The summed E-state index contributed by atoms with van der Waals surface area (Å²) < 4.78 is 11.3. The topological polar surface area (TPSA) is 47.6 Å². The van der Waals surface area contributed by atoms with Gasteiger partial charge in [0.05, 0.1) is 19.8 Å². The Kier molecular flexibility index (Phi) is 12.4. The van der Waals surface area contributed by atoms with Crippen molar-refractivity contribution < 1.29 is 14.3 Å². The van der Waals surface area contributed by atoms with Crippen LogP contribution in [0, 0.1) is 17.8 Å². The molecule has 0 saturated carbocycles. The van der Waals surface area contributed by atoms with Crippen molar-refractivity contribution in [3.63, 3.8) is 0 Å². The van der Waals surface area contributed by atoms with Gasteiger partial charge in [0, 0.05) is 11.2 Å². The summed E-state index contributed by atoms with van der Waals surface area (Å²) in [4.78, 5) is 11.6. The minimum Gasteiger partial charge on any atom is -0.369 e. The molecular weight excluding hydrogens is 378 g/mol. The molecule has 2 rings (SSSR count). The Hall–Kier alpha value is -1.13. The van der Waals surface area contributed by atoms with Crippen LogP contribution in [0.5, 0.6) is 0 Å². The van der Waals surface area contributed by atoms with E-state index in [0.717, 1.165) is 0 Å². The Balaban J connectivity index is 0.00000176. The number of nitrogens with one attached hydrogen (secondary N) is 1. The normalized spacial score (nSPS) is 17.9. The molecule has 0 saturated heterocycles. The third-order valence-corrected chi connectivity index (χ3v) is 6.41. The second-order valence-corrected chi connectivity index (χ2v) is 8.65. The molecule has 1 N–H and O–H groups in total. The molecule has 1 aromatic rings. The van der Waals surface area contributed by atoms with E-state index in [1.54, 1.807) is 10.8 Å². The standard InChI is InChI=1S/C19H25NO3S2.C2H6/c1-14(2)7-6-10-20-18(21)13-22-11-12-23-19-17-9-5-4-8-16(17)15(3)24-25-19;1-2/h4-5,8-9,14-15,19H,10-13H2,1-3H3,(H,20,21);1-2H3. The molecule has 0 spiro atoms. The Morgan fingerprint density at radius 2 is 1.89 bits per heavy atom. The third kappa shape index (κ3) is 9.07. The van der Waals surface area contributed by atoms with Gasteiger partial charge in [-0.05, 0) is 18.1 Å². The highest BCUT2D eigenvalue weighted by Gasteiger charge is 2.26. The number of hydrogen-bond donors (Lipinski definition) is 1. The van der Waals surface area contributed by atoms with Gasteiger partial charge in [-0.3, -0.25) is 4.79 Å². The zero-order chi connectivity index (χ0) is 20.1. The molecule has 4 nitrogen and oxygen atoms in total. The molecule has 0 aliphatic carbocycles. The quantitative estimate of drug-likeness (QED) is 0.391. The predicted octanol–water partition coefficient (Wildman–Crippen LogP) is 4.98. The lowest BCUT2D eigenvalue weighted by Gasteiger charge is -2.28. The highest BCUT2D eigenvalue weighted by molar-refractivity contribution is 8.76. The van der Waals surface area contributed by atoms with Crippen LogP contribution in [0.3, 0.4) is 0 Å². The van der Waals surface area contributed by atoms with E-state index in [0.29, 0.717) is 30.9 Å². The average Bonchev–Trinajstić information content (AvgIpc) is 2.68. The Labute approximate surface area is 171 Å². The second kappa shape index (κ2) is 14.0. The maximum Gasteiger partial charge on any atom is 0.246 e. The maximum atomic E-state index is 11.6. The van der Waals surface area contributed by atoms with Crippen LogP contribution in [0.15, 0.2) is 24.3 Å². The molecule has 2 atom stereocenters. The Bertz CT molecular complexity index is 625. The van der Waals surface area contributed by atoms with Gasteiger partial charge in [-0.2, -0.15) is 0 Å². The van der Waals surface area contributed by atoms with Gasteiger partial charge in [0.2, 0.25) is 5.91 Å². The first-order valence-electron chi connectivity index (χ1n) is 9.43. The predicted molar refractivity (Wildman–Crippen MR) is 117 cm³/mol. The molecular formula is C21H31NO3S2. The lowest BCUT2D eigenvalue weighted by atomic mass is 10.1.